The summed E-state index contributed by atoms with van der Waals surface area (Å²) < 4.78 is 13.0. The van der Waals surface area contributed by atoms with Crippen LogP contribution < -0.4 is 5.32 Å². The highest BCUT2D eigenvalue weighted by atomic mass is 32.2. The van der Waals surface area contributed by atoms with Gasteiger partial charge in [-0.3, -0.25) is 0 Å². The molecule has 1 rings (SSSR count). The fourth-order valence-corrected chi connectivity index (χ4v) is 2.17. The van der Waals surface area contributed by atoms with Crippen molar-refractivity contribution in [2.24, 2.45) is 0 Å². The minimum atomic E-state index is -0.160. The molecule has 0 bridgehead atoms. The molecule has 3 heteroatoms. The second-order valence-electron chi connectivity index (χ2n) is 3.78. The number of benzene rings is 1. The van der Waals surface area contributed by atoms with Crippen LogP contribution in [0.3, 0.4) is 0 Å². The second-order valence-corrected chi connectivity index (χ2v) is 5.18. The smallest absolute Gasteiger partial charge is 0.123 e. The van der Waals surface area contributed by atoms with Crippen molar-refractivity contribution in [3.8, 4) is 0 Å². The van der Waals surface area contributed by atoms with Crippen LogP contribution in [-0.4, -0.2) is 18.1 Å². The first kappa shape index (κ1) is 13.5. The first-order valence-corrected chi connectivity index (χ1v) is 6.96. The minimum absolute atomic E-state index is 0.160. The third kappa shape index (κ3) is 4.99. The van der Waals surface area contributed by atoms with Crippen molar-refractivity contribution in [1.29, 1.82) is 0 Å². The van der Waals surface area contributed by atoms with Crippen molar-refractivity contribution in [1.82, 2.24) is 5.32 Å². The fraction of sp³-hybridized carbons (Fsp3) is 0.538. The predicted octanol–water partition coefficient (Wildman–Crippen LogP) is 3.62. The molecule has 0 aromatic heterocycles. The summed E-state index contributed by atoms with van der Waals surface area (Å²) in [6, 6.07) is 7.02. The van der Waals surface area contributed by atoms with Gasteiger partial charge in [0.1, 0.15) is 5.82 Å². The van der Waals surface area contributed by atoms with Crippen molar-refractivity contribution in [2.45, 2.75) is 26.3 Å². The van der Waals surface area contributed by atoms with Gasteiger partial charge in [-0.1, -0.05) is 19.1 Å². The molecule has 0 aliphatic heterocycles. The summed E-state index contributed by atoms with van der Waals surface area (Å²) >= 11 is 1.96. The molecule has 0 aliphatic rings. The molecule has 0 saturated heterocycles. The molecule has 0 saturated carbocycles. The van der Waals surface area contributed by atoms with Crippen LogP contribution in [0.25, 0.3) is 0 Å². The van der Waals surface area contributed by atoms with Gasteiger partial charge in [-0.25, -0.2) is 4.39 Å². The normalized spacial score (nSPS) is 12.7. The Morgan fingerprint density at radius 1 is 1.44 bits per heavy atom. The fourth-order valence-electron chi connectivity index (χ4n) is 1.53. The maximum absolute atomic E-state index is 13.0. The van der Waals surface area contributed by atoms with Crippen molar-refractivity contribution in [2.75, 3.05) is 18.1 Å². The topological polar surface area (TPSA) is 12.0 Å². The third-order valence-electron chi connectivity index (χ3n) is 2.47. The predicted molar refractivity (Wildman–Crippen MR) is 70.4 cm³/mol. The summed E-state index contributed by atoms with van der Waals surface area (Å²) in [5.74, 6) is 2.21. The molecule has 0 radical (unpaired) electrons. The lowest BCUT2D eigenvalue weighted by Gasteiger charge is -2.14. The molecule has 90 valence electrons. The van der Waals surface area contributed by atoms with E-state index in [4.69, 9.17) is 0 Å². The summed E-state index contributed by atoms with van der Waals surface area (Å²) in [5.41, 5.74) is 1.02. The minimum Gasteiger partial charge on any atom is -0.310 e. The van der Waals surface area contributed by atoms with Gasteiger partial charge in [0.15, 0.2) is 0 Å². The van der Waals surface area contributed by atoms with Crippen LogP contribution in [0.4, 0.5) is 4.39 Å². The van der Waals surface area contributed by atoms with E-state index in [-0.39, 0.29) is 11.9 Å². The average molecular weight is 241 g/mol. The van der Waals surface area contributed by atoms with Crippen LogP contribution in [0.2, 0.25) is 0 Å². The second kappa shape index (κ2) is 7.69. The standard InChI is InChI=1S/C13H20FNS/c1-3-16-9-5-8-15-11(2)12-6-4-7-13(14)10-12/h4,6-7,10-11,15H,3,5,8-9H2,1-2H3. The molecule has 1 aromatic rings. The average Bonchev–Trinajstić information content (AvgIpc) is 2.28. The summed E-state index contributed by atoms with van der Waals surface area (Å²) in [5, 5.41) is 3.41. The number of hydrogen-bond donors (Lipinski definition) is 1. The summed E-state index contributed by atoms with van der Waals surface area (Å²) in [6.45, 7) is 5.24. The molecule has 1 unspecified atom stereocenters. The molecule has 0 fully saturated rings. The molecule has 1 nitrogen and oxygen atoms in total. The van der Waals surface area contributed by atoms with E-state index in [0.717, 1.165) is 18.5 Å². The SMILES string of the molecule is CCSCCCNC(C)c1cccc(F)c1. The van der Waals surface area contributed by atoms with Gasteiger partial charge < -0.3 is 5.32 Å². The van der Waals surface area contributed by atoms with Gasteiger partial charge in [0, 0.05) is 6.04 Å². The van der Waals surface area contributed by atoms with E-state index >= 15 is 0 Å². The molecular formula is C13H20FNS. The third-order valence-corrected chi connectivity index (χ3v) is 3.45. The van der Waals surface area contributed by atoms with E-state index in [9.17, 15) is 4.39 Å². The van der Waals surface area contributed by atoms with Gasteiger partial charge in [0.2, 0.25) is 0 Å². The van der Waals surface area contributed by atoms with Crippen molar-refractivity contribution < 1.29 is 4.39 Å². The Balaban J connectivity index is 2.27. The van der Waals surface area contributed by atoms with Crippen LogP contribution in [0.5, 0.6) is 0 Å². The maximum Gasteiger partial charge on any atom is 0.123 e. The lowest BCUT2D eigenvalue weighted by Crippen LogP contribution is -2.20. The molecule has 0 amide bonds. The van der Waals surface area contributed by atoms with Crippen molar-refractivity contribution >= 4 is 11.8 Å². The molecule has 16 heavy (non-hydrogen) atoms. The maximum atomic E-state index is 13.0. The summed E-state index contributed by atoms with van der Waals surface area (Å²) in [6.07, 6.45) is 1.16. The molecule has 0 heterocycles. The molecule has 1 aromatic carbocycles. The quantitative estimate of drug-likeness (QED) is 0.732. The zero-order valence-corrected chi connectivity index (χ0v) is 10.8. The number of hydrogen-bond acceptors (Lipinski definition) is 2. The van der Waals surface area contributed by atoms with Crippen LogP contribution in [0.1, 0.15) is 31.9 Å². The largest absolute Gasteiger partial charge is 0.310 e. The van der Waals surface area contributed by atoms with Gasteiger partial charge in [-0.2, -0.15) is 11.8 Å². The number of halogens is 1. The number of thioether (sulfide) groups is 1. The van der Waals surface area contributed by atoms with E-state index in [1.165, 1.54) is 17.6 Å². The van der Waals surface area contributed by atoms with Crippen molar-refractivity contribution in [3.63, 3.8) is 0 Å². The van der Waals surface area contributed by atoms with E-state index in [0.29, 0.717) is 0 Å². The first-order valence-electron chi connectivity index (χ1n) is 5.80. The van der Waals surface area contributed by atoms with Gasteiger partial charge in [-0.15, -0.1) is 0 Å². The Bertz CT molecular complexity index is 304. The lowest BCUT2D eigenvalue weighted by atomic mass is 10.1. The van der Waals surface area contributed by atoms with Crippen molar-refractivity contribution in [3.05, 3.63) is 35.6 Å². The molecule has 0 spiro atoms. The van der Waals surface area contributed by atoms with E-state index in [1.54, 1.807) is 12.1 Å². The number of rotatable bonds is 7. The lowest BCUT2D eigenvalue weighted by molar-refractivity contribution is 0.563. The molecule has 1 atom stereocenters. The monoisotopic (exact) mass is 241 g/mol. The Morgan fingerprint density at radius 2 is 2.25 bits per heavy atom. The first-order chi connectivity index (χ1) is 7.74. The van der Waals surface area contributed by atoms with Gasteiger partial charge in [0.05, 0.1) is 0 Å². The van der Waals surface area contributed by atoms with Crippen LogP contribution in [-0.2, 0) is 0 Å². The summed E-state index contributed by atoms with van der Waals surface area (Å²) in [7, 11) is 0. The van der Waals surface area contributed by atoms with Gasteiger partial charge >= 0.3 is 0 Å². The Kier molecular flexibility index (Phi) is 6.50. The highest BCUT2D eigenvalue weighted by molar-refractivity contribution is 7.99. The van der Waals surface area contributed by atoms with E-state index in [2.05, 4.69) is 19.2 Å². The highest BCUT2D eigenvalue weighted by Crippen LogP contribution is 2.13. The number of nitrogens with one attached hydrogen (secondary N) is 1. The Morgan fingerprint density at radius 3 is 2.94 bits per heavy atom. The van der Waals surface area contributed by atoms with E-state index < -0.39 is 0 Å². The molecular weight excluding hydrogens is 221 g/mol. The van der Waals surface area contributed by atoms with Crippen LogP contribution in [0, 0.1) is 5.82 Å². The molecule has 0 aliphatic carbocycles. The highest BCUT2D eigenvalue weighted by Gasteiger charge is 2.04. The molecule has 1 N–H and O–H groups in total. The van der Waals surface area contributed by atoms with Gasteiger partial charge in [-0.05, 0) is 49.1 Å². The van der Waals surface area contributed by atoms with Crippen LogP contribution >= 0.6 is 11.8 Å². The summed E-state index contributed by atoms with van der Waals surface area (Å²) in [4.78, 5) is 0. The zero-order valence-electron chi connectivity index (χ0n) is 10.0. The van der Waals surface area contributed by atoms with E-state index in [1.807, 2.05) is 17.8 Å². The van der Waals surface area contributed by atoms with Crippen LogP contribution in [0.15, 0.2) is 24.3 Å². The zero-order chi connectivity index (χ0) is 11.8. The Labute approximate surface area is 102 Å². The van der Waals surface area contributed by atoms with Gasteiger partial charge in [0.25, 0.3) is 0 Å². The Hall–Kier alpha value is -0.540.